The Kier molecular flexibility index (Phi) is 4.20. The van der Waals surface area contributed by atoms with Crippen molar-refractivity contribution >= 4 is 23.0 Å². The molecule has 0 atom stereocenters. The van der Waals surface area contributed by atoms with Gasteiger partial charge in [-0.15, -0.1) is 0 Å². The first-order chi connectivity index (χ1) is 12.6. The minimum atomic E-state index is -0.266. The van der Waals surface area contributed by atoms with Crippen molar-refractivity contribution in [3.05, 3.63) is 58.5 Å². The highest BCUT2D eigenvalue weighted by atomic mass is 16.4. The maximum Gasteiger partial charge on any atom is 0.298 e. The normalized spacial score (nSPS) is 15.3. The number of para-hydroxylation sites is 2. The summed E-state index contributed by atoms with van der Waals surface area (Å²) in [4.78, 5) is 33.3. The summed E-state index contributed by atoms with van der Waals surface area (Å²) in [5, 5.41) is 0. The van der Waals surface area contributed by atoms with E-state index in [-0.39, 0.29) is 17.0 Å². The molecule has 1 aromatic carbocycles. The molecule has 0 aliphatic carbocycles. The van der Waals surface area contributed by atoms with Crippen LogP contribution in [-0.2, 0) is 7.05 Å². The molecule has 1 aliphatic rings. The van der Waals surface area contributed by atoms with Crippen molar-refractivity contribution < 1.29 is 9.21 Å². The van der Waals surface area contributed by atoms with E-state index in [1.54, 1.807) is 30.3 Å². The van der Waals surface area contributed by atoms with Gasteiger partial charge in [-0.25, -0.2) is 0 Å². The predicted octanol–water partition coefficient (Wildman–Crippen LogP) is 1.88. The minimum Gasteiger partial charge on any atom is -0.423 e. The Bertz CT molecular complexity index is 974. The lowest BCUT2D eigenvalue weighted by Gasteiger charge is -2.21. The summed E-state index contributed by atoms with van der Waals surface area (Å²) in [6.45, 7) is 2.50. The Labute approximate surface area is 150 Å². The van der Waals surface area contributed by atoms with Gasteiger partial charge in [-0.1, -0.05) is 12.1 Å². The van der Waals surface area contributed by atoms with Crippen LogP contribution in [0.1, 0.15) is 16.8 Å². The standard InChI is InChI=1S/C19H20N4O3/c1-21-9-4-6-14(17(21)24)18(25)22-10-5-11-23(13-12-22)19-20-15-7-2-3-8-16(15)26-19/h2-4,6-9H,5,10-13H2,1H3. The van der Waals surface area contributed by atoms with E-state index in [1.807, 2.05) is 24.3 Å². The van der Waals surface area contributed by atoms with Gasteiger partial charge in [-0.3, -0.25) is 9.59 Å². The van der Waals surface area contributed by atoms with Crippen molar-refractivity contribution in [1.82, 2.24) is 14.5 Å². The molecule has 0 unspecified atom stereocenters. The fourth-order valence-electron chi connectivity index (χ4n) is 3.24. The zero-order valence-corrected chi connectivity index (χ0v) is 14.6. The number of hydrogen-bond donors (Lipinski definition) is 0. The molecule has 0 radical (unpaired) electrons. The topological polar surface area (TPSA) is 71.6 Å². The molecular weight excluding hydrogens is 332 g/mol. The molecule has 26 heavy (non-hydrogen) atoms. The number of fused-ring (bicyclic) bond motifs is 1. The van der Waals surface area contributed by atoms with Crippen LogP contribution in [0.25, 0.3) is 11.1 Å². The number of amides is 1. The highest BCUT2D eigenvalue weighted by Gasteiger charge is 2.24. The van der Waals surface area contributed by atoms with E-state index >= 15 is 0 Å². The maximum atomic E-state index is 12.8. The van der Waals surface area contributed by atoms with E-state index in [2.05, 4.69) is 9.88 Å². The Morgan fingerprint density at radius 2 is 1.92 bits per heavy atom. The van der Waals surface area contributed by atoms with Gasteiger partial charge >= 0.3 is 0 Å². The maximum absolute atomic E-state index is 12.8. The summed E-state index contributed by atoms with van der Waals surface area (Å²) in [6.07, 6.45) is 2.44. The molecule has 0 N–H and O–H groups in total. The van der Waals surface area contributed by atoms with Gasteiger partial charge in [0.05, 0.1) is 0 Å². The van der Waals surface area contributed by atoms with Crippen LogP contribution in [0.2, 0.25) is 0 Å². The Balaban J connectivity index is 1.52. The number of aryl methyl sites for hydroxylation is 1. The van der Waals surface area contributed by atoms with Gasteiger partial charge in [0.25, 0.3) is 17.5 Å². The van der Waals surface area contributed by atoms with Gasteiger partial charge in [-0.2, -0.15) is 4.98 Å². The summed E-state index contributed by atoms with van der Waals surface area (Å²) < 4.78 is 7.26. The second-order valence-electron chi connectivity index (χ2n) is 6.43. The molecule has 1 fully saturated rings. The molecule has 0 saturated carbocycles. The van der Waals surface area contributed by atoms with E-state index in [1.165, 1.54) is 4.57 Å². The third-order valence-corrected chi connectivity index (χ3v) is 4.69. The second-order valence-corrected chi connectivity index (χ2v) is 6.43. The number of pyridine rings is 1. The molecule has 134 valence electrons. The molecule has 3 heterocycles. The number of carbonyl (C=O) groups is 1. The highest BCUT2D eigenvalue weighted by Crippen LogP contribution is 2.22. The number of benzene rings is 1. The molecule has 3 aromatic rings. The van der Waals surface area contributed by atoms with Crippen molar-refractivity contribution in [3.8, 4) is 0 Å². The smallest absolute Gasteiger partial charge is 0.298 e. The van der Waals surface area contributed by atoms with E-state index in [9.17, 15) is 9.59 Å². The summed E-state index contributed by atoms with van der Waals surface area (Å²) >= 11 is 0. The van der Waals surface area contributed by atoms with Gasteiger partial charge in [-0.05, 0) is 30.7 Å². The lowest BCUT2D eigenvalue weighted by molar-refractivity contribution is 0.0764. The van der Waals surface area contributed by atoms with Gasteiger partial charge in [0.2, 0.25) is 0 Å². The van der Waals surface area contributed by atoms with E-state index in [0.717, 1.165) is 24.1 Å². The number of nitrogens with zero attached hydrogens (tertiary/aromatic N) is 4. The monoisotopic (exact) mass is 352 g/mol. The number of oxazole rings is 1. The first kappa shape index (κ1) is 16.4. The molecular formula is C19H20N4O3. The first-order valence-electron chi connectivity index (χ1n) is 8.69. The van der Waals surface area contributed by atoms with Crippen LogP contribution < -0.4 is 10.5 Å². The molecule has 0 bridgehead atoms. The average Bonchev–Trinajstić information content (AvgIpc) is 2.93. The van der Waals surface area contributed by atoms with E-state index < -0.39 is 0 Å². The van der Waals surface area contributed by atoms with Crippen LogP contribution >= 0.6 is 0 Å². The van der Waals surface area contributed by atoms with Crippen molar-refractivity contribution in [2.75, 3.05) is 31.1 Å². The lowest BCUT2D eigenvalue weighted by Crippen LogP contribution is -2.38. The Hall–Kier alpha value is -3.09. The molecule has 1 aliphatic heterocycles. The van der Waals surface area contributed by atoms with Crippen molar-refractivity contribution in [1.29, 1.82) is 0 Å². The van der Waals surface area contributed by atoms with E-state index in [0.29, 0.717) is 25.6 Å². The highest BCUT2D eigenvalue weighted by molar-refractivity contribution is 5.93. The molecule has 7 heteroatoms. The fraction of sp³-hybridized carbons (Fsp3) is 0.316. The van der Waals surface area contributed by atoms with Crippen molar-refractivity contribution in [3.63, 3.8) is 0 Å². The third kappa shape index (κ3) is 2.96. The number of rotatable bonds is 2. The van der Waals surface area contributed by atoms with Crippen LogP contribution in [0.5, 0.6) is 0 Å². The molecule has 2 aromatic heterocycles. The van der Waals surface area contributed by atoms with Crippen LogP contribution in [0.3, 0.4) is 0 Å². The van der Waals surface area contributed by atoms with Crippen LogP contribution in [0, 0.1) is 0 Å². The van der Waals surface area contributed by atoms with Crippen molar-refractivity contribution in [2.45, 2.75) is 6.42 Å². The fourth-order valence-corrected chi connectivity index (χ4v) is 3.24. The molecule has 7 nitrogen and oxygen atoms in total. The van der Waals surface area contributed by atoms with Gasteiger partial charge in [0, 0.05) is 39.4 Å². The van der Waals surface area contributed by atoms with Gasteiger partial charge in [0.1, 0.15) is 11.1 Å². The zero-order valence-electron chi connectivity index (χ0n) is 14.6. The molecule has 0 spiro atoms. The quantitative estimate of drug-likeness (QED) is 0.704. The Morgan fingerprint density at radius 1 is 1.08 bits per heavy atom. The summed E-state index contributed by atoms with van der Waals surface area (Å²) in [6, 6.07) is 11.5. The number of hydrogen-bond acceptors (Lipinski definition) is 5. The SMILES string of the molecule is Cn1cccc(C(=O)N2CCCN(c3nc4ccccc4o3)CC2)c1=O. The van der Waals surface area contributed by atoms with Gasteiger partial charge < -0.3 is 18.8 Å². The molecule has 4 rings (SSSR count). The minimum absolute atomic E-state index is 0.213. The largest absolute Gasteiger partial charge is 0.423 e. The second kappa shape index (κ2) is 6.67. The third-order valence-electron chi connectivity index (χ3n) is 4.69. The van der Waals surface area contributed by atoms with Crippen LogP contribution in [0.15, 0.2) is 51.8 Å². The molecule has 1 saturated heterocycles. The zero-order chi connectivity index (χ0) is 18.1. The Morgan fingerprint density at radius 3 is 2.77 bits per heavy atom. The number of anilines is 1. The first-order valence-corrected chi connectivity index (χ1v) is 8.69. The van der Waals surface area contributed by atoms with E-state index in [4.69, 9.17) is 4.42 Å². The van der Waals surface area contributed by atoms with Crippen LogP contribution in [0.4, 0.5) is 6.01 Å². The summed E-state index contributed by atoms with van der Waals surface area (Å²) in [5.74, 6) is -0.217. The van der Waals surface area contributed by atoms with Gasteiger partial charge in [0.15, 0.2) is 5.58 Å². The lowest BCUT2D eigenvalue weighted by atomic mass is 10.2. The number of aromatic nitrogens is 2. The summed E-state index contributed by atoms with van der Waals surface area (Å²) in [7, 11) is 1.65. The van der Waals surface area contributed by atoms with Crippen molar-refractivity contribution in [2.24, 2.45) is 7.05 Å². The average molecular weight is 352 g/mol. The number of carbonyl (C=O) groups excluding carboxylic acids is 1. The summed E-state index contributed by atoms with van der Waals surface area (Å²) in [5.41, 5.74) is 1.53. The van der Waals surface area contributed by atoms with Crippen LogP contribution in [-0.4, -0.2) is 46.5 Å². The molecule has 1 amide bonds. The predicted molar refractivity (Wildman–Crippen MR) is 98.4 cm³/mol.